The standard InChI is InChI=1S/C15H18FNO6S2/c16-10-1-3-11(4-2-10)23-13(15(19)20)7-17-14(18)8-24-12-5-6-25(21,22)9-12/h1-4,12-13H,5-9H2,(H,17,18)(H,19,20). The van der Waals surface area contributed by atoms with Crippen LogP contribution in [-0.4, -0.2) is 60.6 Å². The molecular weight excluding hydrogens is 373 g/mol. The molecule has 0 spiro atoms. The van der Waals surface area contributed by atoms with Crippen LogP contribution in [0.15, 0.2) is 24.3 Å². The molecule has 2 N–H and O–H groups in total. The Balaban J connectivity index is 1.77. The van der Waals surface area contributed by atoms with E-state index in [4.69, 9.17) is 9.84 Å². The highest BCUT2D eigenvalue weighted by Gasteiger charge is 2.28. The molecule has 7 nitrogen and oxygen atoms in total. The number of rotatable bonds is 8. The van der Waals surface area contributed by atoms with Gasteiger partial charge in [-0.3, -0.25) is 4.79 Å². The number of benzene rings is 1. The van der Waals surface area contributed by atoms with E-state index in [0.717, 1.165) is 12.1 Å². The second kappa shape index (κ2) is 8.52. The molecule has 1 fully saturated rings. The molecule has 25 heavy (non-hydrogen) atoms. The average molecular weight is 391 g/mol. The molecule has 2 unspecified atom stereocenters. The van der Waals surface area contributed by atoms with Crippen LogP contribution in [0.1, 0.15) is 6.42 Å². The van der Waals surface area contributed by atoms with E-state index in [2.05, 4.69) is 5.32 Å². The third-order valence-corrected chi connectivity index (χ3v) is 6.77. The summed E-state index contributed by atoms with van der Waals surface area (Å²) < 4.78 is 40.8. The maximum absolute atomic E-state index is 12.8. The first-order valence-corrected chi connectivity index (χ1v) is 10.4. The average Bonchev–Trinajstić information content (AvgIpc) is 2.90. The predicted octanol–water partition coefficient (Wildman–Crippen LogP) is 0.694. The van der Waals surface area contributed by atoms with Gasteiger partial charge in [0.25, 0.3) is 0 Å². The van der Waals surface area contributed by atoms with Crippen molar-refractivity contribution >= 4 is 33.5 Å². The van der Waals surface area contributed by atoms with E-state index in [1.807, 2.05) is 0 Å². The Hall–Kier alpha value is -1.81. The summed E-state index contributed by atoms with van der Waals surface area (Å²) in [6.45, 7) is -0.255. The van der Waals surface area contributed by atoms with Crippen molar-refractivity contribution in [3.8, 4) is 5.75 Å². The summed E-state index contributed by atoms with van der Waals surface area (Å²) >= 11 is 1.24. The van der Waals surface area contributed by atoms with Crippen molar-refractivity contribution in [3.05, 3.63) is 30.1 Å². The lowest BCUT2D eigenvalue weighted by Crippen LogP contribution is -2.41. The third kappa shape index (κ3) is 6.54. The highest BCUT2D eigenvalue weighted by molar-refractivity contribution is 8.02. The van der Waals surface area contributed by atoms with E-state index in [-0.39, 0.29) is 34.8 Å². The number of hydrogen-bond acceptors (Lipinski definition) is 6. The number of carboxylic acids is 1. The maximum Gasteiger partial charge on any atom is 0.346 e. The fourth-order valence-electron chi connectivity index (χ4n) is 2.20. The zero-order valence-corrected chi connectivity index (χ0v) is 14.8. The van der Waals surface area contributed by atoms with Crippen molar-refractivity contribution < 1.29 is 32.2 Å². The summed E-state index contributed by atoms with van der Waals surface area (Å²) in [7, 11) is -2.99. The molecule has 1 aliphatic rings. The van der Waals surface area contributed by atoms with Gasteiger partial charge in [0.1, 0.15) is 11.6 Å². The molecule has 1 aromatic rings. The largest absolute Gasteiger partial charge is 0.478 e. The SMILES string of the molecule is O=C(CSC1CCS(=O)(=O)C1)NCC(Oc1ccc(F)cc1)C(=O)O. The number of hydrogen-bond donors (Lipinski definition) is 2. The molecule has 0 aromatic heterocycles. The van der Waals surface area contributed by atoms with Gasteiger partial charge in [0.15, 0.2) is 9.84 Å². The fourth-order valence-corrected chi connectivity index (χ4v) is 5.67. The molecule has 138 valence electrons. The minimum absolute atomic E-state index is 0.0447. The van der Waals surface area contributed by atoms with Crippen LogP contribution < -0.4 is 10.1 Å². The predicted molar refractivity (Wildman–Crippen MR) is 91.0 cm³/mol. The molecule has 0 aliphatic carbocycles. The lowest BCUT2D eigenvalue weighted by Gasteiger charge is -2.16. The van der Waals surface area contributed by atoms with Gasteiger partial charge in [0, 0.05) is 5.25 Å². The van der Waals surface area contributed by atoms with Crippen LogP contribution in [-0.2, 0) is 19.4 Å². The fraction of sp³-hybridized carbons (Fsp3) is 0.467. The van der Waals surface area contributed by atoms with Gasteiger partial charge < -0.3 is 15.2 Å². The molecular formula is C15H18FNO6S2. The van der Waals surface area contributed by atoms with Crippen LogP contribution in [0.4, 0.5) is 4.39 Å². The van der Waals surface area contributed by atoms with Crippen molar-refractivity contribution in [2.24, 2.45) is 0 Å². The molecule has 1 heterocycles. The van der Waals surface area contributed by atoms with Crippen LogP contribution in [0.25, 0.3) is 0 Å². The normalized spacial score (nSPS) is 20.0. The number of carbonyl (C=O) groups is 2. The van der Waals surface area contributed by atoms with E-state index in [1.54, 1.807) is 0 Å². The van der Waals surface area contributed by atoms with Crippen LogP contribution in [0.5, 0.6) is 5.75 Å². The number of thioether (sulfide) groups is 1. The van der Waals surface area contributed by atoms with Crippen molar-refractivity contribution in [1.29, 1.82) is 0 Å². The summed E-state index contributed by atoms with van der Waals surface area (Å²) in [6, 6.07) is 4.87. The van der Waals surface area contributed by atoms with Gasteiger partial charge in [-0.2, -0.15) is 0 Å². The van der Waals surface area contributed by atoms with E-state index in [1.165, 1.54) is 23.9 Å². The molecule has 1 saturated heterocycles. The number of halogens is 1. The number of ether oxygens (including phenoxy) is 1. The Morgan fingerprint density at radius 3 is 2.60 bits per heavy atom. The van der Waals surface area contributed by atoms with Gasteiger partial charge in [-0.1, -0.05) is 0 Å². The highest BCUT2D eigenvalue weighted by Crippen LogP contribution is 2.23. The van der Waals surface area contributed by atoms with E-state index in [0.29, 0.717) is 6.42 Å². The first-order chi connectivity index (χ1) is 11.7. The molecule has 1 aromatic carbocycles. The lowest BCUT2D eigenvalue weighted by atomic mass is 10.3. The molecule has 0 saturated carbocycles. The van der Waals surface area contributed by atoms with Crippen LogP contribution >= 0.6 is 11.8 Å². The lowest BCUT2D eigenvalue weighted by molar-refractivity contribution is -0.145. The molecule has 0 bridgehead atoms. The van der Waals surface area contributed by atoms with Gasteiger partial charge in [-0.15, -0.1) is 11.8 Å². The van der Waals surface area contributed by atoms with E-state index >= 15 is 0 Å². The zero-order valence-electron chi connectivity index (χ0n) is 13.2. The van der Waals surface area contributed by atoms with Crippen LogP contribution in [0.2, 0.25) is 0 Å². The maximum atomic E-state index is 12.8. The van der Waals surface area contributed by atoms with E-state index < -0.39 is 33.6 Å². The summed E-state index contributed by atoms with van der Waals surface area (Å²) in [5.41, 5.74) is 0. The number of carboxylic acid groups (broad SMARTS) is 1. The second-order valence-corrected chi connectivity index (χ2v) is 9.06. The number of nitrogens with one attached hydrogen (secondary N) is 1. The van der Waals surface area contributed by atoms with Crippen molar-refractivity contribution in [2.45, 2.75) is 17.8 Å². The first kappa shape index (κ1) is 19.5. The van der Waals surface area contributed by atoms with E-state index in [9.17, 15) is 22.4 Å². The Labute approximate surface area is 148 Å². The zero-order chi connectivity index (χ0) is 18.4. The monoisotopic (exact) mass is 391 g/mol. The Morgan fingerprint density at radius 2 is 2.04 bits per heavy atom. The quantitative estimate of drug-likeness (QED) is 0.671. The van der Waals surface area contributed by atoms with Crippen molar-refractivity contribution in [1.82, 2.24) is 5.32 Å². The Morgan fingerprint density at radius 1 is 1.36 bits per heavy atom. The summed E-state index contributed by atoms with van der Waals surface area (Å²) in [5, 5.41) is 11.5. The van der Waals surface area contributed by atoms with Crippen molar-refractivity contribution in [2.75, 3.05) is 23.8 Å². The molecule has 0 radical (unpaired) electrons. The molecule has 1 amide bonds. The van der Waals surface area contributed by atoms with Crippen molar-refractivity contribution in [3.63, 3.8) is 0 Å². The number of aliphatic carboxylic acids is 1. The highest BCUT2D eigenvalue weighted by atomic mass is 32.2. The Bertz CT molecular complexity index is 722. The summed E-state index contributed by atoms with van der Waals surface area (Å²) in [6.07, 6.45) is -0.794. The first-order valence-electron chi connectivity index (χ1n) is 7.49. The third-order valence-electron chi connectivity index (χ3n) is 3.49. The minimum Gasteiger partial charge on any atom is -0.478 e. The van der Waals surface area contributed by atoms with Gasteiger partial charge in [0.05, 0.1) is 23.8 Å². The second-order valence-electron chi connectivity index (χ2n) is 5.54. The molecule has 10 heteroatoms. The number of amides is 1. The topological polar surface area (TPSA) is 110 Å². The number of sulfone groups is 1. The molecule has 2 rings (SSSR count). The molecule has 2 atom stereocenters. The summed E-state index contributed by atoms with van der Waals surface area (Å²) in [4.78, 5) is 23.0. The van der Waals surface area contributed by atoms with Crippen LogP contribution in [0.3, 0.4) is 0 Å². The van der Waals surface area contributed by atoms with Gasteiger partial charge in [-0.05, 0) is 30.7 Å². The number of carbonyl (C=O) groups excluding carboxylic acids is 1. The van der Waals surface area contributed by atoms with Gasteiger partial charge in [0.2, 0.25) is 12.0 Å². The van der Waals surface area contributed by atoms with Crippen LogP contribution in [0, 0.1) is 5.82 Å². The smallest absolute Gasteiger partial charge is 0.346 e. The molecule has 1 aliphatic heterocycles. The summed E-state index contributed by atoms with van der Waals surface area (Å²) in [5.74, 6) is -1.72. The van der Waals surface area contributed by atoms with Gasteiger partial charge in [-0.25, -0.2) is 17.6 Å². The Kier molecular flexibility index (Phi) is 6.65. The minimum atomic E-state index is -2.99. The van der Waals surface area contributed by atoms with Gasteiger partial charge >= 0.3 is 5.97 Å².